The molecule has 0 saturated heterocycles. The molecule has 0 aromatic rings. The summed E-state index contributed by atoms with van der Waals surface area (Å²) in [6, 6.07) is -1.72. The van der Waals surface area contributed by atoms with Crippen LogP contribution in [0.15, 0.2) is 0 Å². The molecule has 0 heterocycles. The second-order valence-corrected chi connectivity index (χ2v) is 4.09. The van der Waals surface area contributed by atoms with Gasteiger partial charge in [-0.05, 0) is 12.3 Å². The van der Waals surface area contributed by atoms with E-state index in [9.17, 15) is 14.4 Å². The maximum atomic E-state index is 11.4. The van der Waals surface area contributed by atoms with Gasteiger partial charge in [0.25, 0.3) is 0 Å². The fourth-order valence-corrected chi connectivity index (χ4v) is 1.23. The van der Waals surface area contributed by atoms with Crippen molar-refractivity contribution >= 4 is 18.2 Å². The largest absolute Gasteiger partial charge is 0.481 e. The molecule has 0 aliphatic carbocycles. The van der Waals surface area contributed by atoms with Crippen LogP contribution in [0.3, 0.4) is 0 Å². The molecular weight excluding hydrogens is 212 g/mol. The number of carbonyl (C=O) groups excluding carboxylic acids is 2. The van der Waals surface area contributed by atoms with Gasteiger partial charge in [0, 0.05) is 0 Å². The molecule has 2 unspecified atom stereocenters. The van der Waals surface area contributed by atoms with Crippen molar-refractivity contribution in [3.05, 3.63) is 0 Å². The average molecular weight is 230 g/mol. The van der Waals surface area contributed by atoms with E-state index in [-0.39, 0.29) is 5.92 Å². The quantitative estimate of drug-likeness (QED) is 0.512. The summed E-state index contributed by atoms with van der Waals surface area (Å²) in [4.78, 5) is 32.3. The molecule has 1 amide bonds. The first-order chi connectivity index (χ1) is 7.36. The monoisotopic (exact) mass is 230 g/mol. The van der Waals surface area contributed by atoms with E-state index in [1.54, 1.807) is 0 Å². The molecular formula is C10H18N2O4. The molecule has 4 N–H and O–H groups in total. The van der Waals surface area contributed by atoms with Crippen LogP contribution in [0.25, 0.3) is 0 Å². The molecule has 2 atom stereocenters. The third-order valence-corrected chi connectivity index (χ3v) is 1.95. The lowest BCUT2D eigenvalue weighted by atomic mass is 10.0. The van der Waals surface area contributed by atoms with Crippen molar-refractivity contribution in [2.45, 2.75) is 38.8 Å². The van der Waals surface area contributed by atoms with Crippen LogP contribution in [0.2, 0.25) is 0 Å². The first-order valence-electron chi connectivity index (χ1n) is 5.09. The summed E-state index contributed by atoms with van der Waals surface area (Å²) in [5, 5.41) is 10.8. The van der Waals surface area contributed by atoms with Crippen molar-refractivity contribution in [1.82, 2.24) is 5.32 Å². The van der Waals surface area contributed by atoms with Gasteiger partial charge in [0.05, 0.1) is 18.5 Å². The fourth-order valence-electron chi connectivity index (χ4n) is 1.23. The third kappa shape index (κ3) is 6.13. The van der Waals surface area contributed by atoms with E-state index in [0.29, 0.717) is 12.7 Å². The van der Waals surface area contributed by atoms with E-state index in [1.807, 2.05) is 13.8 Å². The number of aliphatic carboxylic acids is 1. The predicted molar refractivity (Wildman–Crippen MR) is 57.7 cm³/mol. The van der Waals surface area contributed by atoms with Crippen molar-refractivity contribution < 1.29 is 19.5 Å². The van der Waals surface area contributed by atoms with Gasteiger partial charge >= 0.3 is 5.97 Å². The highest BCUT2D eigenvalue weighted by molar-refractivity contribution is 5.87. The van der Waals surface area contributed by atoms with Crippen molar-refractivity contribution in [2.24, 2.45) is 11.7 Å². The van der Waals surface area contributed by atoms with Crippen LogP contribution in [0.4, 0.5) is 0 Å². The van der Waals surface area contributed by atoms with E-state index < -0.39 is 30.4 Å². The number of hydrogen-bond acceptors (Lipinski definition) is 4. The number of amides is 1. The molecule has 0 aromatic heterocycles. The van der Waals surface area contributed by atoms with Crippen LogP contribution >= 0.6 is 0 Å². The van der Waals surface area contributed by atoms with Crippen molar-refractivity contribution in [3.63, 3.8) is 0 Å². The number of nitrogens with one attached hydrogen (secondary N) is 1. The summed E-state index contributed by atoms with van der Waals surface area (Å²) in [5.74, 6) is -1.50. The van der Waals surface area contributed by atoms with Crippen LogP contribution in [0, 0.1) is 5.92 Å². The number of aldehydes is 1. The highest BCUT2D eigenvalue weighted by atomic mass is 16.4. The molecule has 0 aliphatic heterocycles. The van der Waals surface area contributed by atoms with E-state index >= 15 is 0 Å². The van der Waals surface area contributed by atoms with Crippen molar-refractivity contribution in [3.8, 4) is 0 Å². The Morgan fingerprint density at radius 1 is 1.44 bits per heavy atom. The molecule has 0 aromatic carbocycles. The maximum Gasteiger partial charge on any atom is 0.305 e. The normalized spacial score (nSPS) is 14.2. The van der Waals surface area contributed by atoms with Crippen LogP contribution in [0.5, 0.6) is 0 Å². The van der Waals surface area contributed by atoms with Crippen molar-refractivity contribution in [2.75, 3.05) is 0 Å². The minimum Gasteiger partial charge on any atom is -0.481 e. The number of carboxylic acids is 1. The highest BCUT2D eigenvalue weighted by Gasteiger charge is 2.20. The molecule has 0 aliphatic rings. The lowest BCUT2D eigenvalue weighted by Gasteiger charge is -2.17. The Morgan fingerprint density at radius 3 is 2.38 bits per heavy atom. The van der Waals surface area contributed by atoms with Gasteiger partial charge in [-0.15, -0.1) is 0 Å². The van der Waals surface area contributed by atoms with Crippen LogP contribution in [0.1, 0.15) is 26.7 Å². The van der Waals surface area contributed by atoms with Gasteiger partial charge in [0.15, 0.2) is 0 Å². The van der Waals surface area contributed by atoms with Gasteiger partial charge in [0.1, 0.15) is 6.29 Å². The Hall–Kier alpha value is -1.43. The number of carboxylic acid groups (broad SMARTS) is 1. The number of hydrogen-bond donors (Lipinski definition) is 3. The minimum absolute atomic E-state index is 0.256. The highest BCUT2D eigenvalue weighted by Crippen LogP contribution is 2.03. The Balaban J connectivity index is 4.18. The fraction of sp³-hybridized carbons (Fsp3) is 0.700. The molecule has 0 saturated carbocycles. The zero-order valence-electron chi connectivity index (χ0n) is 9.47. The first-order valence-corrected chi connectivity index (χ1v) is 5.09. The second-order valence-electron chi connectivity index (χ2n) is 4.09. The molecule has 0 bridgehead atoms. The molecule has 0 radical (unpaired) electrons. The van der Waals surface area contributed by atoms with E-state index in [2.05, 4.69) is 5.32 Å². The summed E-state index contributed by atoms with van der Waals surface area (Å²) in [5.41, 5.74) is 5.34. The van der Waals surface area contributed by atoms with Gasteiger partial charge in [-0.3, -0.25) is 9.59 Å². The topological polar surface area (TPSA) is 109 Å². The summed E-state index contributed by atoms with van der Waals surface area (Å²) in [6.45, 7) is 3.83. The van der Waals surface area contributed by atoms with Crippen LogP contribution in [-0.4, -0.2) is 35.4 Å². The Morgan fingerprint density at radius 2 is 2.00 bits per heavy atom. The summed E-state index contributed by atoms with van der Waals surface area (Å²) in [6.07, 6.45) is 0.694. The minimum atomic E-state index is -1.14. The van der Waals surface area contributed by atoms with E-state index in [4.69, 9.17) is 10.8 Å². The number of nitrogens with two attached hydrogens (primary N) is 1. The summed E-state index contributed by atoms with van der Waals surface area (Å²) < 4.78 is 0. The van der Waals surface area contributed by atoms with Gasteiger partial charge in [0.2, 0.25) is 5.91 Å². The predicted octanol–water partition coefficient (Wildman–Crippen LogP) is -0.482. The first kappa shape index (κ1) is 14.6. The molecule has 0 fully saturated rings. The Bertz CT molecular complexity index is 266. The van der Waals surface area contributed by atoms with Gasteiger partial charge < -0.3 is 21.0 Å². The van der Waals surface area contributed by atoms with Gasteiger partial charge in [-0.25, -0.2) is 0 Å². The summed E-state index contributed by atoms with van der Waals surface area (Å²) >= 11 is 0. The maximum absolute atomic E-state index is 11.4. The number of rotatable bonds is 7. The lowest BCUT2D eigenvalue weighted by Crippen LogP contribution is -2.47. The second kappa shape index (κ2) is 6.95. The molecule has 6 nitrogen and oxygen atoms in total. The van der Waals surface area contributed by atoms with Crippen LogP contribution < -0.4 is 11.1 Å². The van der Waals surface area contributed by atoms with Crippen molar-refractivity contribution in [1.29, 1.82) is 0 Å². The Labute approximate surface area is 94.2 Å². The molecule has 0 spiro atoms. The molecule has 16 heavy (non-hydrogen) atoms. The standard InChI is InChI=1S/C10H18N2O4/c1-6(2)3-7(5-13)12-10(16)8(11)4-9(14)15/h5-8H,3-4,11H2,1-2H3,(H,12,16)(H,14,15). The zero-order valence-corrected chi connectivity index (χ0v) is 9.47. The molecule has 92 valence electrons. The SMILES string of the molecule is CC(C)CC(C=O)NC(=O)C(N)CC(=O)O. The van der Waals surface area contributed by atoms with E-state index in [1.165, 1.54) is 0 Å². The molecule has 0 rings (SSSR count). The summed E-state index contributed by atoms with van der Waals surface area (Å²) in [7, 11) is 0. The van der Waals surface area contributed by atoms with E-state index in [0.717, 1.165) is 0 Å². The molecule has 6 heteroatoms. The lowest BCUT2D eigenvalue weighted by molar-refractivity contribution is -0.139. The smallest absolute Gasteiger partial charge is 0.305 e. The average Bonchev–Trinajstić information content (AvgIpc) is 2.14. The number of carbonyl (C=O) groups is 3. The third-order valence-electron chi connectivity index (χ3n) is 1.95. The van der Waals surface area contributed by atoms with Crippen LogP contribution in [-0.2, 0) is 14.4 Å². The zero-order chi connectivity index (χ0) is 12.7. The Kier molecular flexibility index (Phi) is 6.32. The van der Waals surface area contributed by atoms with Gasteiger partial charge in [-0.1, -0.05) is 13.8 Å². The van der Waals surface area contributed by atoms with Gasteiger partial charge in [-0.2, -0.15) is 0 Å².